The summed E-state index contributed by atoms with van der Waals surface area (Å²) in [4.78, 5) is 42.3. The number of furan rings is 1. The summed E-state index contributed by atoms with van der Waals surface area (Å²) in [6, 6.07) is 37.3. The van der Waals surface area contributed by atoms with Crippen molar-refractivity contribution < 1.29 is 18.8 Å². The molecular weight excluding hydrogens is 582 g/mol. The summed E-state index contributed by atoms with van der Waals surface area (Å²) in [7, 11) is 0. The van der Waals surface area contributed by atoms with E-state index in [2.05, 4.69) is 23.6 Å². The molecule has 2 heterocycles. The van der Waals surface area contributed by atoms with Gasteiger partial charge in [-0.05, 0) is 73.5 Å². The number of hydrogen-bond donors (Lipinski definition) is 2. The first-order chi connectivity index (χ1) is 21.9. The lowest BCUT2D eigenvalue weighted by atomic mass is 10.1. The van der Waals surface area contributed by atoms with Gasteiger partial charge in [-0.2, -0.15) is 0 Å². The molecular formula is C37H31N3O4S. The van der Waals surface area contributed by atoms with E-state index < -0.39 is 11.8 Å². The number of nitrogens with zero attached hydrogens (tertiary/aromatic N) is 1. The first kappa shape index (κ1) is 29.7. The SMILES string of the molecule is C[C@@H]1Cc2ccccc2N1C(=O)CSc1ccc(NC(=O)/C(=C\c2ccc(-c3ccccc3)o2)NC(=O)c2ccccc2)cc1. The summed E-state index contributed by atoms with van der Waals surface area (Å²) in [6.07, 6.45) is 2.37. The highest BCUT2D eigenvalue weighted by Gasteiger charge is 2.30. The van der Waals surface area contributed by atoms with Crippen molar-refractivity contribution in [3.8, 4) is 11.3 Å². The molecule has 0 aliphatic carbocycles. The van der Waals surface area contributed by atoms with Gasteiger partial charge in [0.1, 0.15) is 17.2 Å². The van der Waals surface area contributed by atoms with Crippen LogP contribution in [0.3, 0.4) is 0 Å². The number of para-hydroxylation sites is 1. The van der Waals surface area contributed by atoms with E-state index in [1.165, 1.54) is 23.4 Å². The van der Waals surface area contributed by atoms with Crippen LogP contribution in [0.5, 0.6) is 0 Å². The molecule has 5 aromatic rings. The average Bonchev–Trinajstić information content (AvgIpc) is 3.68. The molecule has 0 spiro atoms. The van der Waals surface area contributed by atoms with E-state index in [0.29, 0.717) is 28.5 Å². The molecule has 0 unspecified atom stereocenters. The Morgan fingerprint density at radius 3 is 2.29 bits per heavy atom. The smallest absolute Gasteiger partial charge is 0.272 e. The van der Waals surface area contributed by atoms with E-state index in [0.717, 1.165) is 22.6 Å². The summed E-state index contributed by atoms with van der Waals surface area (Å²) in [5.41, 5.74) is 4.08. The van der Waals surface area contributed by atoms with E-state index in [-0.39, 0.29) is 17.6 Å². The van der Waals surface area contributed by atoms with Crippen LogP contribution in [0.2, 0.25) is 0 Å². The lowest BCUT2D eigenvalue weighted by Gasteiger charge is -2.22. The standard InChI is InChI=1S/C37H31N3O4S/c1-25-22-28-14-8-9-15-33(28)40(25)35(41)24-45-31-19-16-29(17-20-31)38-37(43)32(39-36(42)27-12-6-3-7-13-27)23-30-18-21-34(44-30)26-10-4-2-5-11-26/h2-21,23,25H,22,24H2,1H3,(H,38,43)(H,39,42)/b32-23+/t25-/m1/s1. The number of anilines is 2. The van der Waals surface area contributed by atoms with Crippen LogP contribution in [0.1, 0.15) is 28.6 Å². The number of fused-ring (bicyclic) bond motifs is 1. The van der Waals surface area contributed by atoms with Crippen molar-refractivity contribution >= 4 is 46.9 Å². The van der Waals surface area contributed by atoms with Crippen molar-refractivity contribution in [3.63, 3.8) is 0 Å². The van der Waals surface area contributed by atoms with Crippen LogP contribution in [0.15, 0.2) is 136 Å². The van der Waals surface area contributed by atoms with Crippen LogP contribution < -0.4 is 15.5 Å². The van der Waals surface area contributed by atoms with Gasteiger partial charge in [0, 0.05) is 39.5 Å². The second kappa shape index (κ2) is 13.5. The highest BCUT2D eigenvalue weighted by atomic mass is 32.2. The van der Waals surface area contributed by atoms with E-state index in [4.69, 9.17) is 4.42 Å². The molecule has 3 amide bonds. The molecule has 0 radical (unpaired) electrons. The zero-order chi connectivity index (χ0) is 31.2. The fraction of sp³-hybridized carbons (Fsp3) is 0.108. The van der Waals surface area contributed by atoms with Gasteiger partial charge in [-0.25, -0.2) is 0 Å². The Kier molecular flexibility index (Phi) is 8.94. The average molecular weight is 614 g/mol. The topological polar surface area (TPSA) is 91.7 Å². The quantitative estimate of drug-likeness (QED) is 0.133. The molecule has 4 aromatic carbocycles. The molecule has 1 aliphatic rings. The summed E-state index contributed by atoms with van der Waals surface area (Å²) < 4.78 is 5.97. The van der Waals surface area contributed by atoms with Gasteiger partial charge in [-0.3, -0.25) is 14.4 Å². The summed E-state index contributed by atoms with van der Waals surface area (Å²) >= 11 is 1.45. The second-order valence-corrected chi connectivity index (χ2v) is 11.7. The minimum absolute atomic E-state index is 0.0295. The molecule has 6 rings (SSSR count). The van der Waals surface area contributed by atoms with Gasteiger partial charge in [0.2, 0.25) is 5.91 Å². The number of rotatable bonds is 9. The fourth-order valence-electron chi connectivity index (χ4n) is 5.27. The van der Waals surface area contributed by atoms with Crippen LogP contribution in [0.25, 0.3) is 17.4 Å². The first-order valence-corrected chi connectivity index (χ1v) is 15.6. The molecule has 7 nitrogen and oxygen atoms in total. The lowest BCUT2D eigenvalue weighted by molar-refractivity contribution is -0.116. The molecule has 1 atom stereocenters. The maximum atomic E-state index is 13.4. The van der Waals surface area contributed by atoms with Crippen LogP contribution >= 0.6 is 11.8 Å². The van der Waals surface area contributed by atoms with Gasteiger partial charge in [0.05, 0.1) is 5.75 Å². The number of carbonyl (C=O) groups excluding carboxylic acids is 3. The minimum Gasteiger partial charge on any atom is -0.457 e. The zero-order valence-corrected chi connectivity index (χ0v) is 25.4. The van der Waals surface area contributed by atoms with Crippen molar-refractivity contribution in [2.24, 2.45) is 0 Å². The summed E-state index contributed by atoms with van der Waals surface area (Å²) in [5.74, 6) is 0.501. The van der Waals surface area contributed by atoms with Crippen LogP contribution in [0.4, 0.5) is 11.4 Å². The van der Waals surface area contributed by atoms with Gasteiger partial charge >= 0.3 is 0 Å². The Labute approximate surface area is 266 Å². The molecule has 1 aromatic heterocycles. The number of carbonyl (C=O) groups is 3. The third-order valence-electron chi connectivity index (χ3n) is 7.45. The van der Waals surface area contributed by atoms with E-state index in [1.54, 1.807) is 42.5 Å². The van der Waals surface area contributed by atoms with E-state index >= 15 is 0 Å². The molecule has 0 fully saturated rings. The molecule has 2 N–H and O–H groups in total. The van der Waals surface area contributed by atoms with Crippen LogP contribution in [0, 0.1) is 0 Å². The Bertz CT molecular complexity index is 1850. The highest BCUT2D eigenvalue weighted by Crippen LogP contribution is 2.33. The third kappa shape index (κ3) is 7.08. The number of thioether (sulfide) groups is 1. The molecule has 1 aliphatic heterocycles. The van der Waals surface area contributed by atoms with Gasteiger partial charge in [0.15, 0.2) is 0 Å². The normalized spacial score (nSPS) is 14.1. The predicted molar refractivity (Wildman–Crippen MR) is 179 cm³/mol. The molecule has 0 saturated carbocycles. The molecule has 45 heavy (non-hydrogen) atoms. The van der Waals surface area contributed by atoms with Crippen LogP contribution in [-0.2, 0) is 16.0 Å². The summed E-state index contributed by atoms with van der Waals surface area (Å²) in [5, 5.41) is 5.60. The fourth-order valence-corrected chi connectivity index (χ4v) is 6.02. The molecule has 0 bridgehead atoms. The molecule has 224 valence electrons. The number of hydrogen-bond acceptors (Lipinski definition) is 5. The third-order valence-corrected chi connectivity index (χ3v) is 8.45. The number of benzene rings is 4. The lowest BCUT2D eigenvalue weighted by Crippen LogP contribution is -2.36. The van der Waals surface area contributed by atoms with E-state index in [1.807, 2.05) is 77.7 Å². The maximum absolute atomic E-state index is 13.4. The number of nitrogens with one attached hydrogen (secondary N) is 2. The second-order valence-electron chi connectivity index (χ2n) is 10.7. The van der Waals surface area contributed by atoms with Crippen molar-refractivity contribution in [2.45, 2.75) is 24.3 Å². The Hall–Kier alpha value is -5.34. The Balaban J connectivity index is 1.14. The largest absolute Gasteiger partial charge is 0.457 e. The number of amides is 3. The van der Waals surface area contributed by atoms with E-state index in [9.17, 15) is 14.4 Å². The highest BCUT2D eigenvalue weighted by molar-refractivity contribution is 8.00. The Morgan fingerprint density at radius 1 is 0.844 bits per heavy atom. The minimum atomic E-state index is -0.505. The maximum Gasteiger partial charge on any atom is 0.272 e. The predicted octanol–water partition coefficient (Wildman–Crippen LogP) is 7.43. The van der Waals surface area contributed by atoms with Gasteiger partial charge in [-0.1, -0.05) is 66.7 Å². The van der Waals surface area contributed by atoms with Gasteiger partial charge in [0.25, 0.3) is 11.8 Å². The monoisotopic (exact) mass is 613 g/mol. The molecule has 0 saturated heterocycles. The van der Waals surface area contributed by atoms with Crippen molar-refractivity contribution in [1.82, 2.24) is 5.32 Å². The summed E-state index contributed by atoms with van der Waals surface area (Å²) in [6.45, 7) is 2.07. The first-order valence-electron chi connectivity index (χ1n) is 14.6. The molecule has 8 heteroatoms. The van der Waals surface area contributed by atoms with Gasteiger partial charge in [-0.15, -0.1) is 11.8 Å². The van der Waals surface area contributed by atoms with Crippen molar-refractivity contribution in [2.75, 3.05) is 16.0 Å². The van der Waals surface area contributed by atoms with Gasteiger partial charge < -0.3 is 20.0 Å². The van der Waals surface area contributed by atoms with Crippen molar-refractivity contribution in [3.05, 3.63) is 144 Å². The Morgan fingerprint density at radius 2 is 1.53 bits per heavy atom. The zero-order valence-electron chi connectivity index (χ0n) is 24.6. The van der Waals surface area contributed by atoms with Crippen LogP contribution in [-0.4, -0.2) is 29.5 Å². The van der Waals surface area contributed by atoms with Crippen molar-refractivity contribution in [1.29, 1.82) is 0 Å².